The molecule has 2 aromatic carbocycles. The highest BCUT2D eigenvalue weighted by atomic mass is 16.2. The average Bonchev–Trinajstić information content (AvgIpc) is 3.10. The number of nitrogens with zero attached hydrogens (tertiary/aromatic N) is 1. The molecule has 1 fully saturated rings. The Hall–Kier alpha value is -3.28. The first-order chi connectivity index (χ1) is 12.2. The maximum Gasteiger partial charge on any atom is 0.321 e. The number of nitrogens with one attached hydrogen (secondary N) is 3. The minimum atomic E-state index is -0.177. The van der Waals surface area contributed by atoms with Gasteiger partial charge in [0.25, 0.3) is 5.91 Å². The monoisotopic (exact) mass is 334 g/mol. The largest absolute Gasteiger partial charge is 0.361 e. The van der Waals surface area contributed by atoms with E-state index in [-0.39, 0.29) is 11.9 Å². The second-order valence-electron chi connectivity index (χ2n) is 6.02. The van der Waals surface area contributed by atoms with E-state index in [0.29, 0.717) is 24.3 Å². The van der Waals surface area contributed by atoms with Crippen LogP contribution in [0.2, 0.25) is 0 Å². The number of carbonyl (C=O) groups is 2. The number of H-pyrrole nitrogens is 1. The van der Waals surface area contributed by atoms with Crippen molar-refractivity contribution in [2.75, 3.05) is 23.3 Å². The van der Waals surface area contributed by atoms with E-state index in [1.165, 1.54) is 0 Å². The van der Waals surface area contributed by atoms with Gasteiger partial charge in [-0.3, -0.25) is 9.69 Å². The van der Waals surface area contributed by atoms with Crippen LogP contribution in [0.25, 0.3) is 10.9 Å². The van der Waals surface area contributed by atoms with Crippen molar-refractivity contribution in [3.05, 3.63) is 60.3 Å². The Kier molecular flexibility index (Phi) is 3.85. The van der Waals surface area contributed by atoms with E-state index in [2.05, 4.69) is 15.6 Å². The van der Waals surface area contributed by atoms with Crippen LogP contribution in [-0.4, -0.2) is 30.0 Å². The summed E-state index contributed by atoms with van der Waals surface area (Å²) in [5.41, 5.74) is 3.02. The van der Waals surface area contributed by atoms with Crippen LogP contribution in [0.15, 0.2) is 54.7 Å². The van der Waals surface area contributed by atoms with E-state index in [0.717, 1.165) is 23.0 Å². The van der Waals surface area contributed by atoms with Gasteiger partial charge in [0.05, 0.1) is 0 Å². The van der Waals surface area contributed by atoms with Gasteiger partial charge in [0.15, 0.2) is 0 Å². The third kappa shape index (κ3) is 3.06. The number of anilines is 2. The molecule has 1 aromatic heterocycles. The Morgan fingerprint density at radius 2 is 2.04 bits per heavy atom. The molecule has 0 saturated carbocycles. The number of benzene rings is 2. The fourth-order valence-corrected chi connectivity index (χ4v) is 3.03. The second kappa shape index (κ2) is 6.32. The molecule has 6 heteroatoms. The molecule has 3 N–H and O–H groups in total. The SMILES string of the molecule is O=C(Nc1cccc(N2CCCNC2=O)c1)c1ccc2[nH]ccc2c1. The molecule has 3 amide bonds. The molecule has 1 aliphatic heterocycles. The number of aromatic amines is 1. The van der Waals surface area contributed by atoms with Crippen LogP contribution in [0.4, 0.5) is 16.2 Å². The zero-order chi connectivity index (χ0) is 17.2. The standard InChI is InChI=1S/C19H18N4O2/c24-18(14-5-6-17-13(11-14)7-9-20-17)22-15-3-1-4-16(12-15)23-10-2-8-21-19(23)25/h1,3-7,9,11-12,20H,2,8,10H2,(H,21,25)(H,22,24). The van der Waals surface area contributed by atoms with E-state index < -0.39 is 0 Å². The summed E-state index contributed by atoms with van der Waals surface area (Å²) in [6, 6.07) is 14.7. The molecule has 2 heterocycles. The van der Waals surface area contributed by atoms with Crippen LogP contribution in [-0.2, 0) is 0 Å². The van der Waals surface area contributed by atoms with Gasteiger partial charge < -0.3 is 15.6 Å². The molecule has 3 aromatic rings. The van der Waals surface area contributed by atoms with E-state index >= 15 is 0 Å². The molecule has 126 valence electrons. The van der Waals surface area contributed by atoms with E-state index in [1.807, 2.05) is 48.7 Å². The number of hydrogen-bond donors (Lipinski definition) is 3. The zero-order valence-corrected chi connectivity index (χ0v) is 13.6. The molecule has 0 radical (unpaired) electrons. The maximum atomic E-state index is 12.5. The molecule has 0 spiro atoms. The van der Waals surface area contributed by atoms with E-state index in [9.17, 15) is 9.59 Å². The van der Waals surface area contributed by atoms with Crippen molar-refractivity contribution in [2.45, 2.75) is 6.42 Å². The highest BCUT2D eigenvalue weighted by Crippen LogP contribution is 2.22. The van der Waals surface area contributed by atoms with Crippen molar-refractivity contribution in [3.63, 3.8) is 0 Å². The average molecular weight is 334 g/mol. The number of aromatic nitrogens is 1. The van der Waals surface area contributed by atoms with Gasteiger partial charge in [0, 0.05) is 47.1 Å². The van der Waals surface area contributed by atoms with Crippen LogP contribution in [0, 0.1) is 0 Å². The van der Waals surface area contributed by atoms with E-state index in [1.54, 1.807) is 11.0 Å². The van der Waals surface area contributed by atoms with Crippen LogP contribution in [0.1, 0.15) is 16.8 Å². The predicted octanol–water partition coefficient (Wildman–Crippen LogP) is 3.34. The molecule has 0 unspecified atom stereocenters. The lowest BCUT2D eigenvalue weighted by Gasteiger charge is -2.27. The number of rotatable bonds is 3. The molecule has 0 atom stereocenters. The van der Waals surface area contributed by atoms with Crippen LogP contribution in [0.5, 0.6) is 0 Å². The normalized spacial score (nSPS) is 14.4. The van der Waals surface area contributed by atoms with Crippen molar-refractivity contribution in [2.24, 2.45) is 0 Å². The first kappa shape index (κ1) is 15.3. The highest BCUT2D eigenvalue weighted by Gasteiger charge is 2.19. The third-order valence-corrected chi connectivity index (χ3v) is 4.31. The third-order valence-electron chi connectivity index (χ3n) is 4.31. The van der Waals surface area contributed by atoms with Crippen molar-refractivity contribution >= 4 is 34.2 Å². The summed E-state index contributed by atoms with van der Waals surface area (Å²) in [5, 5.41) is 6.72. The Morgan fingerprint density at radius 1 is 1.12 bits per heavy atom. The summed E-state index contributed by atoms with van der Waals surface area (Å²) in [4.78, 5) is 29.3. The van der Waals surface area contributed by atoms with Gasteiger partial charge in [-0.1, -0.05) is 6.07 Å². The lowest BCUT2D eigenvalue weighted by Crippen LogP contribution is -2.46. The lowest BCUT2D eigenvalue weighted by atomic mass is 10.1. The van der Waals surface area contributed by atoms with Crippen molar-refractivity contribution < 1.29 is 9.59 Å². The van der Waals surface area contributed by atoms with Gasteiger partial charge in [-0.15, -0.1) is 0 Å². The lowest BCUT2D eigenvalue weighted by molar-refractivity contribution is 0.102. The van der Waals surface area contributed by atoms with Gasteiger partial charge in [0.1, 0.15) is 0 Å². The van der Waals surface area contributed by atoms with Gasteiger partial charge in [-0.05, 0) is 48.9 Å². The second-order valence-corrected chi connectivity index (χ2v) is 6.02. The van der Waals surface area contributed by atoms with Crippen LogP contribution in [0.3, 0.4) is 0 Å². The topological polar surface area (TPSA) is 77.2 Å². The molecule has 25 heavy (non-hydrogen) atoms. The van der Waals surface area contributed by atoms with Gasteiger partial charge >= 0.3 is 6.03 Å². The summed E-state index contributed by atoms with van der Waals surface area (Å²) in [6.45, 7) is 1.38. The molecular formula is C19H18N4O2. The summed E-state index contributed by atoms with van der Waals surface area (Å²) < 4.78 is 0. The first-order valence-corrected chi connectivity index (χ1v) is 8.25. The minimum absolute atomic E-state index is 0.104. The number of amides is 3. The predicted molar refractivity (Wildman–Crippen MR) is 98.1 cm³/mol. The number of carbonyl (C=O) groups excluding carboxylic acids is 2. The maximum absolute atomic E-state index is 12.5. The minimum Gasteiger partial charge on any atom is -0.361 e. The van der Waals surface area contributed by atoms with Crippen molar-refractivity contribution in [1.82, 2.24) is 10.3 Å². The van der Waals surface area contributed by atoms with Gasteiger partial charge in [0.2, 0.25) is 0 Å². The fraction of sp³-hybridized carbons (Fsp3) is 0.158. The summed E-state index contributed by atoms with van der Waals surface area (Å²) in [6.07, 6.45) is 2.75. The Bertz CT molecular complexity index is 947. The summed E-state index contributed by atoms with van der Waals surface area (Å²) in [5.74, 6) is -0.177. The Labute approximate surface area is 144 Å². The molecule has 1 aliphatic rings. The van der Waals surface area contributed by atoms with Crippen LogP contribution >= 0.6 is 0 Å². The Balaban J connectivity index is 1.54. The summed E-state index contributed by atoms with van der Waals surface area (Å²) >= 11 is 0. The van der Waals surface area contributed by atoms with E-state index in [4.69, 9.17) is 0 Å². The fourth-order valence-electron chi connectivity index (χ4n) is 3.03. The molecule has 1 saturated heterocycles. The molecular weight excluding hydrogens is 316 g/mol. The number of hydrogen-bond acceptors (Lipinski definition) is 2. The quantitative estimate of drug-likeness (QED) is 0.687. The summed E-state index contributed by atoms with van der Waals surface area (Å²) in [7, 11) is 0. The zero-order valence-electron chi connectivity index (χ0n) is 13.6. The smallest absolute Gasteiger partial charge is 0.321 e. The number of fused-ring (bicyclic) bond motifs is 1. The molecule has 4 rings (SSSR count). The first-order valence-electron chi connectivity index (χ1n) is 8.25. The van der Waals surface area contributed by atoms with Gasteiger partial charge in [-0.2, -0.15) is 0 Å². The molecule has 0 bridgehead atoms. The number of urea groups is 1. The van der Waals surface area contributed by atoms with Crippen LogP contribution < -0.4 is 15.5 Å². The Morgan fingerprint density at radius 3 is 2.92 bits per heavy atom. The van der Waals surface area contributed by atoms with Crippen molar-refractivity contribution in [1.29, 1.82) is 0 Å². The van der Waals surface area contributed by atoms with Crippen molar-refractivity contribution in [3.8, 4) is 0 Å². The molecule has 6 nitrogen and oxygen atoms in total. The van der Waals surface area contributed by atoms with Gasteiger partial charge in [-0.25, -0.2) is 4.79 Å². The molecule has 0 aliphatic carbocycles. The highest BCUT2D eigenvalue weighted by molar-refractivity contribution is 6.06.